The average molecular weight is 502 g/mol. The van der Waals surface area contributed by atoms with Crippen LogP contribution < -0.4 is 10.6 Å². The zero-order valence-corrected chi connectivity index (χ0v) is 17.9. The molecule has 2 aromatic carbocycles. The van der Waals surface area contributed by atoms with E-state index in [0.717, 1.165) is 15.8 Å². The summed E-state index contributed by atoms with van der Waals surface area (Å²) in [5.74, 6) is -0.955. The molecule has 1 aromatic heterocycles. The molecule has 1 heterocycles. The van der Waals surface area contributed by atoms with E-state index in [-0.39, 0.29) is 17.5 Å². The van der Waals surface area contributed by atoms with Crippen molar-refractivity contribution >= 4 is 73.3 Å². The maximum Gasteiger partial charge on any atom is 0.259 e. The number of thioether (sulfide) groups is 1. The van der Waals surface area contributed by atoms with Crippen LogP contribution in [0.15, 0.2) is 51.3 Å². The molecule has 0 atom stereocenters. The number of rotatable bonds is 6. The summed E-state index contributed by atoms with van der Waals surface area (Å²) in [6, 6.07) is 10.4. The number of nitrogens with zero attached hydrogens (tertiary/aromatic N) is 2. The van der Waals surface area contributed by atoms with E-state index in [1.54, 1.807) is 18.2 Å². The van der Waals surface area contributed by atoms with Crippen molar-refractivity contribution in [1.29, 1.82) is 0 Å². The van der Waals surface area contributed by atoms with Gasteiger partial charge in [-0.25, -0.2) is 4.39 Å². The minimum atomic E-state index is -0.409. The van der Waals surface area contributed by atoms with Crippen molar-refractivity contribution in [1.82, 2.24) is 10.2 Å². The van der Waals surface area contributed by atoms with Crippen molar-refractivity contribution in [3.8, 4) is 0 Å². The fraction of sp³-hybridized carbons (Fsp3) is 0.0588. The van der Waals surface area contributed by atoms with Crippen LogP contribution in [-0.4, -0.2) is 27.8 Å². The van der Waals surface area contributed by atoms with Crippen molar-refractivity contribution in [2.75, 3.05) is 16.4 Å². The quantitative estimate of drug-likeness (QED) is 0.364. The van der Waals surface area contributed by atoms with Gasteiger partial charge in [0.1, 0.15) is 5.82 Å². The lowest BCUT2D eigenvalue weighted by Gasteiger charge is -2.04. The molecule has 144 valence electrons. The predicted molar refractivity (Wildman–Crippen MR) is 113 cm³/mol. The third kappa shape index (κ3) is 5.74. The maximum absolute atomic E-state index is 12.9. The van der Waals surface area contributed by atoms with Crippen LogP contribution in [0.2, 0.25) is 5.02 Å². The fourth-order valence-electron chi connectivity index (χ4n) is 2.01. The summed E-state index contributed by atoms with van der Waals surface area (Å²) < 4.78 is 14.1. The largest absolute Gasteiger partial charge is 0.325 e. The number of carbonyl (C=O) groups is 2. The Morgan fingerprint density at radius 2 is 1.89 bits per heavy atom. The lowest BCUT2D eigenvalue weighted by atomic mass is 10.2. The molecule has 0 saturated carbocycles. The molecule has 0 aliphatic rings. The van der Waals surface area contributed by atoms with E-state index in [9.17, 15) is 14.0 Å². The number of halogens is 3. The molecule has 0 spiro atoms. The van der Waals surface area contributed by atoms with E-state index in [0.29, 0.717) is 25.7 Å². The molecule has 3 aromatic rings. The Bertz CT molecular complexity index is 1020. The molecule has 0 bridgehead atoms. The number of anilines is 2. The number of benzene rings is 2. The molecule has 28 heavy (non-hydrogen) atoms. The molecule has 0 aliphatic carbocycles. The molecule has 2 amide bonds. The van der Waals surface area contributed by atoms with Gasteiger partial charge in [0.2, 0.25) is 11.0 Å². The van der Waals surface area contributed by atoms with E-state index in [4.69, 9.17) is 11.6 Å². The summed E-state index contributed by atoms with van der Waals surface area (Å²) in [5.41, 5.74) is 0.808. The molecule has 3 rings (SSSR count). The minimum Gasteiger partial charge on any atom is -0.325 e. The summed E-state index contributed by atoms with van der Waals surface area (Å²) in [7, 11) is 0. The van der Waals surface area contributed by atoms with Crippen LogP contribution in [-0.2, 0) is 4.79 Å². The molecule has 2 N–H and O–H groups in total. The number of hydrogen-bond donors (Lipinski definition) is 2. The van der Waals surface area contributed by atoms with Gasteiger partial charge in [-0.05, 0) is 42.5 Å². The number of carbonyl (C=O) groups excluding carboxylic acids is 2. The van der Waals surface area contributed by atoms with Gasteiger partial charge >= 0.3 is 0 Å². The van der Waals surface area contributed by atoms with Gasteiger partial charge < -0.3 is 5.32 Å². The molecule has 6 nitrogen and oxygen atoms in total. The van der Waals surface area contributed by atoms with Gasteiger partial charge in [0.05, 0.1) is 16.3 Å². The summed E-state index contributed by atoms with van der Waals surface area (Å²) in [6.07, 6.45) is 0. The van der Waals surface area contributed by atoms with E-state index in [1.807, 2.05) is 0 Å². The summed E-state index contributed by atoms with van der Waals surface area (Å²) in [6.45, 7) is 0. The highest BCUT2D eigenvalue weighted by atomic mass is 79.9. The van der Waals surface area contributed by atoms with Crippen LogP contribution in [0.4, 0.5) is 15.2 Å². The van der Waals surface area contributed by atoms with E-state index < -0.39 is 5.91 Å². The van der Waals surface area contributed by atoms with Crippen LogP contribution in [0.5, 0.6) is 0 Å². The van der Waals surface area contributed by atoms with Crippen LogP contribution >= 0.6 is 50.6 Å². The van der Waals surface area contributed by atoms with Gasteiger partial charge in [0, 0.05) is 10.2 Å². The first-order chi connectivity index (χ1) is 13.4. The van der Waals surface area contributed by atoms with E-state index in [1.165, 1.54) is 36.0 Å². The molecule has 0 saturated heterocycles. The SMILES string of the molecule is O=C(CSc1nnc(NC(=O)c2cc(Br)ccc2Cl)s1)Nc1ccc(F)cc1. The first kappa shape index (κ1) is 20.7. The smallest absolute Gasteiger partial charge is 0.259 e. The molecule has 11 heteroatoms. The Balaban J connectivity index is 1.53. The standard InChI is InChI=1S/C17H11BrClFN4O2S2/c18-9-1-6-13(19)12(7-9)15(26)22-16-23-24-17(28-16)27-8-14(25)21-11-4-2-10(20)3-5-11/h1-7H,8H2,(H,21,25)(H,22,23,26). The summed E-state index contributed by atoms with van der Waals surface area (Å²) >= 11 is 11.6. The predicted octanol–water partition coefficient (Wildman–Crippen LogP) is 5.08. The van der Waals surface area contributed by atoms with Gasteiger partial charge in [-0.2, -0.15) is 0 Å². The Labute approximate surface area is 181 Å². The number of amides is 2. The third-order valence-electron chi connectivity index (χ3n) is 3.25. The zero-order valence-electron chi connectivity index (χ0n) is 13.9. The third-order valence-corrected chi connectivity index (χ3v) is 6.05. The summed E-state index contributed by atoms with van der Waals surface area (Å²) in [5, 5.41) is 13.7. The van der Waals surface area contributed by atoms with Crippen molar-refractivity contribution in [3.63, 3.8) is 0 Å². The Hall–Kier alpha value is -2.01. The van der Waals surface area contributed by atoms with Gasteiger partial charge in [-0.3, -0.25) is 14.9 Å². The Morgan fingerprint density at radius 3 is 2.64 bits per heavy atom. The highest BCUT2D eigenvalue weighted by molar-refractivity contribution is 9.10. The monoisotopic (exact) mass is 500 g/mol. The summed E-state index contributed by atoms with van der Waals surface area (Å²) in [4.78, 5) is 24.3. The van der Waals surface area contributed by atoms with Gasteiger partial charge in [0.25, 0.3) is 5.91 Å². The van der Waals surface area contributed by atoms with Gasteiger partial charge in [-0.15, -0.1) is 10.2 Å². The topological polar surface area (TPSA) is 84.0 Å². The number of nitrogens with one attached hydrogen (secondary N) is 2. The molecule has 0 aliphatic heterocycles. The highest BCUT2D eigenvalue weighted by Crippen LogP contribution is 2.27. The Kier molecular flexibility index (Phi) is 7.00. The first-order valence-electron chi connectivity index (χ1n) is 7.69. The minimum absolute atomic E-state index is 0.0947. The van der Waals surface area contributed by atoms with E-state index in [2.05, 4.69) is 36.8 Å². The number of hydrogen-bond acceptors (Lipinski definition) is 6. The normalized spacial score (nSPS) is 10.5. The van der Waals surface area contributed by atoms with Crippen LogP contribution in [0.25, 0.3) is 0 Å². The second kappa shape index (κ2) is 9.46. The van der Waals surface area contributed by atoms with Crippen molar-refractivity contribution in [2.24, 2.45) is 0 Å². The van der Waals surface area contributed by atoms with Crippen LogP contribution in [0.1, 0.15) is 10.4 Å². The van der Waals surface area contributed by atoms with Crippen molar-refractivity contribution < 1.29 is 14.0 Å². The van der Waals surface area contributed by atoms with Gasteiger partial charge in [0.15, 0.2) is 4.34 Å². The van der Waals surface area contributed by atoms with Crippen LogP contribution in [0, 0.1) is 5.82 Å². The lowest BCUT2D eigenvalue weighted by molar-refractivity contribution is -0.113. The van der Waals surface area contributed by atoms with Gasteiger partial charge in [-0.1, -0.05) is 50.6 Å². The molecule has 0 unspecified atom stereocenters. The molecule has 0 fully saturated rings. The Morgan fingerprint density at radius 1 is 1.14 bits per heavy atom. The fourth-order valence-corrected chi connectivity index (χ4v) is 4.12. The molecular weight excluding hydrogens is 491 g/mol. The highest BCUT2D eigenvalue weighted by Gasteiger charge is 2.14. The van der Waals surface area contributed by atoms with Crippen molar-refractivity contribution in [3.05, 3.63) is 63.3 Å². The second-order valence-electron chi connectivity index (χ2n) is 5.30. The van der Waals surface area contributed by atoms with Crippen LogP contribution in [0.3, 0.4) is 0 Å². The van der Waals surface area contributed by atoms with Crippen molar-refractivity contribution in [2.45, 2.75) is 4.34 Å². The second-order valence-corrected chi connectivity index (χ2v) is 8.82. The number of aromatic nitrogens is 2. The lowest BCUT2D eigenvalue weighted by Crippen LogP contribution is -2.13. The molecular formula is C17H11BrClFN4O2S2. The first-order valence-corrected chi connectivity index (χ1v) is 10.7. The maximum atomic E-state index is 12.9. The average Bonchev–Trinajstić information content (AvgIpc) is 3.11. The van der Waals surface area contributed by atoms with E-state index >= 15 is 0 Å². The zero-order chi connectivity index (χ0) is 20.1. The molecule has 0 radical (unpaired) electrons.